The van der Waals surface area contributed by atoms with Gasteiger partial charge in [0.1, 0.15) is 0 Å². The fourth-order valence-electron chi connectivity index (χ4n) is 4.28. The van der Waals surface area contributed by atoms with Crippen molar-refractivity contribution in [1.82, 2.24) is 5.32 Å². The summed E-state index contributed by atoms with van der Waals surface area (Å²) in [4.78, 5) is 11.6. The summed E-state index contributed by atoms with van der Waals surface area (Å²) >= 11 is 0. The van der Waals surface area contributed by atoms with Crippen LogP contribution in [0.5, 0.6) is 0 Å². The number of hydrogen-bond acceptors (Lipinski definition) is 2. The first-order valence-electron chi connectivity index (χ1n) is 7.25. The van der Waals surface area contributed by atoms with Crippen molar-refractivity contribution >= 4 is 5.91 Å². The normalized spacial score (nSPS) is 39.2. The molecule has 3 N–H and O–H groups in total. The highest BCUT2D eigenvalue weighted by Gasteiger charge is 2.61. The van der Waals surface area contributed by atoms with Crippen LogP contribution in [0.15, 0.2) is 0 Å². The molecule has 0 aliphatic heterocycles. The van der Waals surface area contributed by atoms with Gasteiger partial charge < -0.3 is 11.1 Å². The van der Waals surface area contributed by atoms with Crippen LogP contribution in [0.2, 0.25) is 0 Å². The molecule has 2 rings (SSSR count). The number of carbonyl (C=O) groups excluding carboxylic acids is 1. The standard InChI is InChI=1S/C15H28N2O/c1-9(2)12(13(16)18)17-11-8-10-6-7-15(11,5)14(10,3)4/h9-12,17H,6-8H2,1-5H3,(H2,16,18). The van der Waals surface area contributed by atoms with Crippen molar-refractivity contribution in [2.75, 3.05) is 0 Å². The first-order valence-corrected chi connectivity index (χ1v) is 7.25. The Balaban J connectivity index is 2.15. The van der Waals surface area contributed by atoms with Gasteiger partial charge in [0, 0.05) is 6.04 Å². The zero-order valence-electron chi connectivity index (χ0n) is 12.4. The molecular weight excluding hydrogens is 224 g/mol. The van der Waals surface area contributed by atoms with E-state index in [9.17, 15) is 4.79 Å². The lowest BCUT2D eigenvalue weighted by Crippen LogP contribution is -2.54. The van der Waals surface area contributed by atoms with Crippen molar-refractivity contribution in [3.63, 3.8) is 0 Å². The molecule has 2 saturated carbocycles. The van der Waals surface area contributed by atoms with Crippen LogP contribution in [-0.4, -0.2) is 18.0 Å². The molecule has 0 spiro atoms. The predicted molar refractivity (Wildman–Crippen MR) is 74.0 cm³/mol. The molecule has 4 atom stereocenters. The molecule has 104 valence electrons. The lowest BCUT2D eigenvalue weighted by molar-refractivity contribution is -0.121. The number of rotatable bonds is 4. The summed E-state index contributed by atoms with van der Waals surface area (Å²) in [7, 11) is 0. The van der Waals surface area contributed by atoms with Crippen LogP contribution in [0, 0.1) is 22.7 Å². The Hall–Kier alpha value is -0.570. The summed E-state index contributed by atoms with van der Waals surface area (Å²) in [5.41, 5.74) is 6.21. The van der Waals surface area contributed by atoms with Crippen LogP contribution >= 0.6 is 0 Å². The summed E-state index contributed by atoms with van der Waals surface area (Å²) in [6, 6.07) is 0.244. The molecule has 2 aliphatic carbocycles. The van der Waals surface area contributed by atoms with Crippen LogP contribution in [0.1, 0.15) is 53.9 Å². The van der Waals surface area contributed by atoms with Crippen molar-refractivity contribution in [1.29, 1.82) is 0 Å². The molecule has 3 nitrogen and oxygen atoms in total. The Kier molecular flexibility index (Phi) is 3.25. The second-order valence-corrected chi connectivity index (χ2v) is 7.45. The average Bonchev–Trinajstić information content (AvgIpc) is 2.57. The molecule has 0 radical (unpaired) electrons. The van der Waals surface area contributed by atoms with E-state index in [1.54, 1.807) is 0 Å². The van der Waals surface area contributed by atoms with Gasteiger partial charge in [-0.2, -0.15) is 0 Å². The maximum Gasteiger partial charge on any atom is 0.234 e. The SMILES string of the molecule is CC(C)C(NC1CC2CCC1(C)C2(C)C)C(N)=O. The van der Waals surface area contributed by atoms with Crippen molar-refractivity contribution in [3.8, 4) is 0 Å². The van der Waals surface area contributed by atoms with Gasteiger partial charge >= 0.3 is 0 Å². The van der Waals surface area contributed by atoms with Crippen LogP contribution in [-0.2, 0) is 4.79 Å². The largest absolute Gasteiger partial charge is 0.368 e. The molecule has 0 aromatic heterocycles. The number of nitrogens with two attached hydrogens (primary N) is 1. The van der Waals surface area contributed by atoms with Crippen molar-refractivity contribution in [3.05, 3.63) is 0 Å². The van der Waals surface area contributed by atoms with Crippen LogP contribution in [0.3, 0.4) is 0 Å². The van der Waals surface area contributed by atoms with Gasteiger partial charge in [-0.1, -0.05) is 34.6 Å². The number of fused-ring (bicyclic) bond motifs is 2. The number of amides is 1. The van der Waals surface area contributed by atoms with Crippen molar-refractivity contribution in [2.24, 2.45) is 28.4 Å². The van der Waals surface area contributed by atoms with Crippen LogP contribution in [0.4, 0.5) is 0 Å². The molecule has 0 aromatic carbocycles. The molecule has 2 aliphatic rings. The lowest BCUT2D eigenvalue weighted by Gasteiger charge is -2.41. The Labute approximate surface area is 111 Å². The van der Waals surface area contributed by atoms with E-state index in [4.69, 9.17) is 5.73 Å². The highest BCUT2D eigenvalue weighted by atomic mass is 16.1. The molecule has 3 heteroatoms. The van der Waals surface area contributed by atoms with Gasteiger partial charge in [-0.3, -0.25) is 4.79 Å². The maximum absolute atomic E-state index is 11.6. The Morgan fingerprint density at radius 3 is 2.28 bits per heavy atom. The van der Waals surface area contributed by atoms with E-state index in [0.29, 0.717) is 16.9 Å². The van der Waals surface area contributed by atoms with Crippen LogP contribution < -0.4 is 11.1 Å². The number of primary amides is 1. The third-order valence-electron chi connectivity index (χ3n) is 6.15. The van der Waals surface area contributed by atoms with E-state index >= 15 is 0 Å². The molecule has 0 heterocycles. The second kappa shape index (κ2) is 4.22. The molecule has 18 heavy (non-hydrogen) atoms. The van der Waals surface area contributed by atoms with Gasteiger partial charge in [0.2, 0.25) is 5.91 Å². The Morgan fingerprint density at radius 2 is 1.94 bits per heavy atom. The van der Waals surface area contributed by atoms with Gasteiger partial charge in [0.25, 0.3) is 0 Å². The summed E-state index contributed by atoms with van der Waals surface area (Å²) in [5.74, 6) is 0.836. The quantitative estimate of drug-likeness (QED) is 0.806. The zero-order chi connectivity index (χ0) is 13.7. The summed E-state index contributed by atoms with van der Waals surface area (Å²) < 4.78 is 0. The minimum Gasteiger partial charge on any atom is -0.368 e. The highest BCUT2D eigenvalue weighted by molar-refractivity contribution is 5.80. The molecule has 0 aromatic rings. The number of hydrogen-bond donors (Lipinski definition) is 2. The van der Waals surface area contributed by atoms with E-state index < -0.39 is 0 Å². The topological polar surface area (TPSA) is 55.1 Å². The molecule has 1 amide bonds. The predicted octanol–water partition coefficient (Wildman–Crippen LogP) is 2.30. The van der Waals surface area contributed by atoms with E-state index in [2.05, 4.69) is 39.9 Å². The minimum atomic E-state index is -0.214. The average molecular weight is 252 g/mol. The van der Waals surface area contributed by atoms with Gasteiger partial charge in [-0.05, 0) is 41.9 Å². The zero-order valence-corrected chi connectivity index (χ0v) is 12.4. The summed E-state index contributed by atoms with van der Waals surface area (Å²) in [6.07, 6.45) is 3.80. The summed E-state index contributed by atoms with van der Waals surface area (Å²) in [5, 5.41) is 3.57. The molecule has 2 fully saturated rings. The Morgan fingerprint density at radius 1 is 1.33 bits per heavy atom. The van der Waals surface area contributed by atoms with E-state index in [1.165, 1.54) is 19.3 Å². The smallest absolute Gasteiger partial charge is 0.234 e. The fourth-order valence-corrected chi connectivity index (χ4v) is 4.28. The third kappa shape index (κ3) is 1.78. The first-order chi connectivity index (χ1) is 8.20. The van der Waals surface area contributed by atoms with Gasteiger partial charge in [0.15, 0.2) is 0 Å². The maximum atomic E-state index is 11.6. The van der Waals surface area contributed by atoms with Gasteiger partial charge in [0.05, 0.1) is 6.04 Å². The lowest BCUT2D eigenvalue weighted by atomic mass is 9.69. The first kappa shape index (κ1) is 13.9. The van der Waals surface area contributed by atoms with E-state index in [-0.39, 0.29) is 17.9 Å². The number of carbonyl (C=O) groups is 1. The van der Waals surface area contributed by atoms with Crippen LogP contribution in [0.25, 0.3) is 0 Å². The Bertz CT molecular complexity index is 350. The number of nitrogens with one attached hydrogen (secondary N) is 1. The van der Waals surface area contributed by atoms with E-state index in [0.717, 1.165) is 5.92 Å². The van der Waals surface area contributed by atoms with Crippen molar-refractivity contribution < 1.29 is 4.79 Å². The monoisotopic (exact) mass is 252 g/mol. The third-order valence-corrected chi connectivity index (χ3v) is 6.15. The minimum absolute atomic E-state index is 0.193. The van der Waals surface area contributed by atoms with E-state index in [1.807, 2.05) is 0 Å². The molecular formula is C15H28N2O. The van der Waals surface area contributed by atoms with Gasteiger partial charge in [-0.15, -0.1) is 0 Å². The molecule has 2 bridgehead atoms. The highest BCUT2D eigenvalue weighted by Crippen LogP contribution is 2.65. The van der Waals surface area contributed by atoms with Gasteiger partial charge in [-0.25, -0.2) is 0 Å². The van der Waals surface area contributed by atoms with Crippen molar-refractivity contribution in [2.45, 2.75) is 66.0 Å². The second-order valence-electron chi connectivity index (χ2n) is 7.45. The fraction of sp³-hybridized carbons (Fsp3) is 0.933. The molecule has 0 saturated heterocycles. The summed E-state index contributed by atoms with van der Waals surface area (Å²) in [6.45, 7) is 11.3. The molecule has 4 unspecified atom stereocenters.